The molecule has 110 valence electrons. The molecule has 1 aromatic rings. The van der Waals surface area contributed by atoms with Crippen LogP contribution in [-0.2, 0) is 11.3 Å². The molecule has 0 aromatic carbocycles. The Hall–Kier alpha value is -0.390. The number of hydrogen-bond acceptors (Lipinski definition) is 3. The summed E-state index contributed by atoms with van der Waals surface area (Å²) in [6, 6.07) is 0. The third-order valence-corrected chi connectivity index (χ3v) is 4.32. The van der Waals surface area contributed by atoms with Crippen LogP contribution in [-0.4, -0.2) is 28.6 Å². The zero-order valence-electron chi connectivity index (χ0n) is 12.5. The number of aliphatic hydroxyl groups excluding tert-OH is 1. The molecule has 0 bridgehead atoms. The van der Waals surface area contributed by atoms with Gasteiger partial charge in [0.2, 0.25) is 0 Å². The lowest BCUT2D eigenvalue weighted by Crippen LogP contribution is -2.21. The van der Waals surface area contributed by atoms with Gasteiger partial charge in [0.25, 0.3) is 0 Å². The van der Waals surface area contributed by atoms with E-state index in [0.717, 1.165) is 16.6 Å². The second-order valence-electron chi connectivity index (χ2n) is 6.11. The highest BCUT2D eigenvalue weighted by Gasteiger charge is 2.26. The number of ether oxygens (including phenoxy) is 1. The van der Waals surface area contributed by atoms with E-state index in [2.05, 4.69) is 48.7 Å². The van der Waals surface area contributed by atoms with Gasteiger partial charge >= 0.3 is 0 Å². The van der Waals surface area contributed by atoms with E-state index in [1.54, 1.807) is 13.3 Å². The first-order valence-electron chi connectivity index (χ1n) is 6.65. The molecular weight excluding hydrogens is 308 g/mol. The molecule has 4 nitrogen and oxygen atoms in total. The Bertz CT molecular complexity index is 399. The average molecular weight is 333 g/mol. The van der Waals surface area contributed by atoms with E-state index in [4.69, 9.17) is 4.74 Å². The van der Waals surface area contributed by atoms with Gasteiger partial charge < -0.3 is 9.84 Å². The van der Waals surface area contributed by atoms with Gasteiger partial charge in [-0.2, -0.15) is 5.10 Å². The van der Waals surface area contributed by atoms with Crippen molar-refractivity contribution in [3.63, 3.8) is 0 Å². The maximum absolute atomic E-state index is 10.5. The summed E-state index contributed by atoms with van der Waals surface area (Å²) >= 11 is 3.47. The Labute approximate surface area is 124 Å². The number of methoxy groups -OCH3 is 1. The van der Waals surface area contributed by atoms with Crippen molar-refractivity contribution in [2.75, 3.05) is 13.7 Å². The highest BCUT2D eigenvalue weighted by atomic mass is 79.9. The van der Waals surface area contributed by atoms with E-state index in [0.29, 0.717) is 19.1 Å². The van der Waals surface area contributed by atoms with Crippen molar-refractivity contribution in [1.29, 1.82) is 0 Å². The molecule has 1 heterocycles. The summed E-state index contributed by atoms with van der Waals surface area (Å²) in [4.78, 5) is 0. The molecule has 0 aliphatic carbocycles. The molecule has 0 amide bonds. The van der Waals surface area contributed by atoms with Crippen molar-refractivity contribution >= 4 is 15.9 Å². The Morgan fingerprint density at radius 1 is 1.47 bits per heavy atom. The summed E-state index contributed by atoms with van der Waals surface area (Å²) in [5.74, 6) is 0.417. The summed E-state index contributed by atoms with van der Waals surface area (Å²) in [6.07, 6.45) is 1.94. The van der Waals surface area contributed by atoms with Crippen LogP contribution >= 0.6 is 15.9 Å². The molecule has 0 aliphatic rings. The van der Waals surface area contributed by atoms with Crippen LogP contribution in [0.1, 0.15) is 45.9 Å². The average Bonchev–Trinajstić information content (AvgIpc) is 2.66. The molecule has 0 saturated carbocycles. The minimum Gasteiger partial charge on any atom is -0.387 e. The SMILES string of the molecule is COCCn1ncc(Br)c1C(O)CC(C)C(C)(C)C. The standard InChI is InChI=1S/C14H25BrN2O2/c1-10(14(2,3)4)8-12(18)13-11(15)9-16-17(13)6-7-19-5/h9-10,12,18H,6-8H2,1-5H3. The van der Waals surface area contributed by atoms with Crippen molar-refractivity contribution in [1.82, 2.24) is 9.78 Å². The van der Waals surface area contributed by atoms with E-state index in [1.165, 1.54) is 0 Å². The first-order valence-corrected chi connectivity index (χ1v) is 7.45. The quantitative estimate of drug-likeness (QED) is 0.868. The van der Waals surface area contributed by atoms with Crippen molar-refractivity contribution in [3.8, 4) is 0 Å². The van der Waals surface area contributed by atoms with Gasteiger partial charge in [-0.3, -0.25) is 4.68 Å². The first kappa shape index (κ1) is 16.7. The Kier molecular flexibility index (Phi) is 6.02. The van der Waals surface area contributed by atoms with Gasteiger partial charge in [-0.1, -0.05) is 27.7 Å². The summed E-state index contributed by atoms with van der Waals surface area (Å²) in [5.41, 5.74) is 1.03. The van der Waals surface area contributed by atoms with Gasteiger partial charge in [-0.25, -0.2) is 0 Å². The van der Waals surface area contributed by atoms with Gasteiger partial charge in [-0.15, -0.1) is 0 Å². The fraction of sp³-hybridized carbons (Fsp3) is 0.786. The highest BCUT2D eigenvalue weighted by Crippen LogP contribution is 2.35. The maximum atomic E-state index is 10.5. The van der Waals surface area contributed by atoms with Crippen molar-refractivity contribution in [3.05, 3.63) is 16.4 Å². The van der Waals surface area contributed by atoms with Crippen LogP contribution in [0, 0.1) is 11.3 Å². The lowest BCUT2D eigenvalue weighted by Gasteiger charge is -2.29. The lowest BCUT2D eigenvalue weighted by atomic mass is 9.78. The monoisotopic (exact) mass is 332 g/mol. The normalized spacial score (nSPS) is 15.5. The van der Waals surface area contributed by atoms with Crippen LogP contribution in [0.25, 0.3) is 0 Å². The number of aliphatic hydroxyl groups is 1. The Balaban J connectivity index is 2.81. The second-order valence-corrected chi connectivity index (χ2v) is 6.97. The van der Waals surface area contributed by atoms with Crippen LogP contribution in [0.4, 0.5) is 0 Å². The van der Waals surface area contributed by atoms with E-state index < -0.39 is 6.10 Å². The largest absolute Gasteiger partial charge is 0.387 e. The molecule has 0 fully saturated rings. The predicted molar refractivity (Wildman–Crippen MR) is 80.0 cm³/mol. The van der Waals surface area contributed by atoms with E-state index in [-0.39, 0.29) is 5.41 Å². The number of rotatable bonds is 6. The third-order valence-electron chi connectivity index (χ3n) is 3.71. The molecule has 1 aromatic heterocycles. The molecule has 1 rings (SSSR count). The molecule has 2 atom stereocenters. The molecule has 0 aliphatic heterocycles. The van der Waals surface area contributed by atoms with Crippen LogP contribution < -0.4 is 0 Å². The van der Waals surface area contributed by atoms with Crippen LogP contribution in [0.15, 0.2) is 10.7 Å². The maximum Gasteiger partial charge on any atom is 0.0970 e. The molecular formula is C14H25BrN2O2. The minimum absolute atomic E-state index is 0.185. The van der Waals surface area contributed by atoms with E-state index >= 15 is 0 Å². The van der Waals surface area contributed by atoms with Crippen molar-refractivity contribution < 1.29 is 9.84 Å². The number of nitrogens with zero attached hydrogens (tertiary/aromatic N) is 2. The second kappa shape index (κ2) is 6.86. The van der Waals surface area contributed by atoms with Gasteiger partial charge in [0.05, 0.1) is 35.6 Å². The van der Waals surface area contributed by atoms with E-state index in [9.17, 15) is 5.11 Å². The van der Waals surface area contributed by atoms with Crippen molar-refractivity contribution in [2.45, 2.75) is 46.8 Å². The Morgan fingerprint density at radius 3 is 2.63 bits per heavy atom. The van der Waals surface area contributed by atoms with Crippen molar-refractivity contribution in [2.24, 2.45) is 11.3 Å². The van der Waals surface area contributed by atoms with E-state index in [1.807, 2.05) is 4.68 Å². The zero-order chi connectivity index (χ0) is 14.6. The molecule has 0 spiro atoms. The fourth-order valence-corrected chi connectivity index (χ4v) is 2.42. The summed E-state index contributed by atoms with van der Waals surface area (Å²) in [5, 5.41) is 14.7. The predicted octanol–water partition coefficient (Wildman–Crippen LogP) is 3.40. The molecule has 19 heavy (non-hydrogen) atoms. The Morgan fingerprint density at radius 2 is 2.11 bits per heavy atom. The van der Waals surface area contributed by atoms with Crippen LogP contribution in [0.2, 0.25) is 0 Å². The first-order chi connectivity index (χ1) is 8.77. The lowest BCUT2D eigenvalue weighted by molar-refractivity contribution is 0.0999. The number of halogens is 1. The zero-order valence-corrected chi connectivity index (χ0v) is 14.1. The van der Waals surface area contributed by atoms with Crippen LogP contribution in [0.3, 0.4) is 0 Å². The highest BCUT2D eigenvalue weighted by molar-refractivity contribution is 9.10. The number of hydrogen-bond donors (Lipinski definition) is 1. The fourth-order valence-electron chi connectivity index (χ4n) is 1.86. The number of aromatic nitrogens is 2. The van der Waals surface area contributed by atoms with Gasteiger partial charge in [0.15, 0.2) is 0 Å². The van der Waals surface area contributed by atoms with Gasteiger partial charge in [-0.05, 0) is 33.7 Å². The summed E-state index contributed by atoms with van der Waals surface area (Å²) in [7, 11) is 1.66. The van der Waals surface area contributed by atoms with Crippen LogP contribution in [0.5, 0.6) is 0 Å². The van der Waals surface area contributed by atoms with Gasteiger partial charge in [0.1, 0.15) is 0 Å². The molecule has 1 N–H and O–H groups in total. The third kappa shape index (κ3) is 4.58. The molecule has 0 radical (unpaired) electrons. The molecule has 2 unspecified atom stereocenters. The summed E-state index contributed by atoms with van der Waals surface area (Å²) < 4.78 is 7.74. The molecule has 5 heteroatoms. The minimum atomic E-state index is -0.511. The summed E-state index contributed by atoms with van der Waals surface area (Å²) in [6.45, 7) is 10.00. The van der Waals surface area contributed by atoms with Gasteiger partial charge in [0, 0.05) is 7.11 Å². The molecule has 0 saturated heterocycles. The topological polar surface area (TPSA) is 47.3 Å². The smallest absolute Gasteiger partial charge is 0.0970 e.